The quantitative estimate of drug-likeness (QED) is 0.461. The van der Waals surface area contributed by atoms with Crippen LogP contribution in [0.2, 0.25) is 5.02 Å². The van der Waals surface area contributed by atoms with Crippen LogP contribution in [0.1, 0.15) is 23.5 Å². The Hall–Kier alpha value is -3.21. The topological polar surface area (TPSA) is 99.7 Å². The third-order valence-electron chi connectivity index (χ3n) is 4.38. The highest BCUT2D eigenvalue weighted by molar-refractivity contribution is 8.14. The van der Waals surface area contributed by atoms with E-state index in [0.29, 0.717) is 27.2 Å². The maximum Gasteiger partial charge on any atom is 0.184 e. The monoisotopic (exact) mass is 421 g/mol. The molecule has 8 heteroatoms. The maximum absolute atomic E-state index is 9.51. The van der Waals surface area contributed by atoms with Crippen molar-refractivity contribution in [3.8, 4) is 6.07 Å². The average molecular weight is 422 g/mol. The Labute approximate surface area is 176 Å². The molecule has 1 unspecified atom stereocenters. The second kappa shape index (κ2) is 8.03. The van der Waals surface area contributed by atoms with Crippen LogP contribution in [0, 0.1) is 11.3 Å². The van der Waals surface area contributed by atoms with E-state index in [1.165, 1.54) is 11.8 Å². The molecule has 0 fully saturated rings. The van der Waals surface area contributed by atoms with E-state index < -0.39 is 0 Å². The van der Waals surface area contributed by atoms with Crippen molar-refractivity contribution in [3.05, 3.63) is 82.3 Å². The van der Waals surface area contributed by atoms with Crippen LogP contribution in [-0.4, -0.2) is 10.9 Å². The average Bonchev–Trinajstić information content (AvgIpc) is 3.16. The summed E-state index contributed by atoms with van der Waals surface area (Å²) in [6.07, 6.45) is 0. The number of nitrogens with two attached hydrogens (primary N) is 1. The Balaban J connectivity index is 1.58. The van der Waals surface area contributed by atoms with Gasteiger partial charge in [0.1, 0.15) is 23.2 Å². The van der Waals surface area contributed by atoms with Gasteiger partial charge >= 0.3 is 0 Å². The van der Waals surface area contributed by atoms with Crippen LogP contribution in [0.4, 0.5) is 0 Å². The minimum atomic E-state index is -0.293. The molecule has 6 nitrogen and oxygen atoms in total. The number of amidine groups is 1. The molecule has 3 N–H and O–H groups in total. The molecule has 1 aliphatic rings. The molecule has 0 bridgehead atoms. The number of hydrogen-bond acceptors (Lipinski definition) is 7. The smallest absolute Gasteiger partial charge is 0.184 e. The van der Waals surface area contributed by atoms with Crippen molar-refractivity contribution in [2.75, 3.05) is 0 Å². The van der Waals surface area contributed by atoms with Crippen molar-refractivity contribution in [3.63, 3.8) is 0 Å². The molecule has 1 aliphatic heterocycles. The van der Waals surface area contributed by atoms with Crippen molar-refractivity contribution < 1.29 is 4.42 Å². The van der Waals surface area contributed by atoms with Crippen LogP contribution in [-0.2, 0) is 0 Å². The molecule has 0 saturated heterocycles. The highest BCUT2D eigenvalue weighted by Gasteiger charge is 2.27. The molecule has 29 heavy (non-hydrogen) atoms. The lowest BCUT2D eigenvalue weighted by atomic mass is 10.1. The fourth-order valence-corrected chi connectivity index (χ4v) is 4.07. The molecule has 1 atom stereocenters. The van der Waals surface area contributed by atoms with Gasteiger partial charge in [0.15, 0.2) is 10.9 Å². The number of fused-ring (bicyclic) bond motifs is 1. The molecule has 0 spiro atoms. The van der Waals surface area contributed by atoms with E-state index in [2.05, 4.69) is 21.6 Å². The second-order valence-corrected chi connectivity index (χ2v) is 7.86. The van der Waals surface area contributed by atoms with E-state index in [1.807, 2.05) is 49.4 Å². The summed E-state index contributed by atoms with van der Waals surface area (Å²) in [6, 6.07) is 19.2. The number of nitriles is 1. The molecule has 144 valence electrons. The summed E-state index contributed by atoms with van der Waals surface area (Å²) in [5.41, 5.74) is 11.8. The van der Waals surface area contributed by atoms with Gasteiger partial charge in [0, 0.05) is 10.4 Å². The first-order valence-electron chi connectivity index (χ1n) is 8.75. The van der Waals surface area contributed by atoms with E-state index in [9.17, 15) is 5.26 Å². The summed E-state index contributed by atoms with van der Waals surface area (Å²) in [7, 11) is 0. The van der Waals surface area contributed by atoms with Gasteiger partial charge in [-0.15, -0.1) is 0 Å². The molecule has 0 radical (unpaired) electrons. The predicted octanol–water partition coefficient (Wildman–Crippen LogP) is 4.94. The van der Waals surface area contributed by atoms with E-state index >= 15 is 0 Å². The summed E-state index contributed by atoms with van der Waals surface area (Å²) in [4.78, 5) is 4.28. The number of benzene rings is 2. The van der Waals surface area contributed by atoms with E-state index in [4.69, 9.17) is 21.8 Å². The van der Waals surface area contributed by atoms with Crippen molar-refractivity contribution in [1.82, 2.24) is 5.43 Å². The molecule has 0 aliphatic carbocycles. The van der Waals surface area contributed by atoms with Gasteiger partial charge < -0.3 is 10.2 Å². The van der Waals surface area contributed by atoms with E-state index in [-0.39, 0.29) is 11.1 Å². The van der Waals surface area contributed by atoms with E-state index in [0.717, 1.165) is 16.5 Å². The largest absolute Gasteiger partial charge is 0.455 e. The summed E-state index contributed by atoms with van der Waals surface area (Å²) in [5.74, 6) is 0.834. The minimum absolute atomic E-state index is 0.172. The molecule has 2 aromatic carbocycles. The summed E-state index contributed by atoms with van der Waals surface area (Å²) >= 11 is 7.35. The zero-order chi connectivity index (χ0) is 20.4. The van der Waals surface area contributed by atoms with Crippen LogP contribution in [0.3, 0.4) is 0 Å². The van der Waals surface area contributed by atoms with Crippen LogP contribution in [0.25, 0.3) is 11.0 Å². The van der Waals surface area contributed by atoms with Gasteiger partial charge in [0.25, 0.3) is 0 Å². The lowest BCUT2D eigenvalue weighted by Gasteiger charge is -2.22. The number of aliphatic imine (C=N–C) groups is 1. The number of rotatable bonds is 3. The van der Waals surface area contributed by atoms with Gasteiger partial charge in [0.2, 0.25) is 0 Å². The third-order valence-corrected chi connectivity index (χ3v) is 5.79. The molecule has 2 heterocycles. The highest BCUT2D eigenvalue weighted by Crippen LogP contribution is 2.40. The van der Waals surface area contributed by atoms with Gasteiger partial charge in [-0.3, -0.25) is 5.43 Å². The van der Waals surface area contributed by atoms with Gasteiger partial charge in [-0.05, 0) is 36.8 Å². The van der Waals surface area contributed by atoms with Crippen LogP contribution < -0.4 is 11.2 Å². The molecule has 4 rings (SSSR count). The number of furan rings is 1. The first-order chi connectivity index (χ1) is 14.0. The number of hydrazone groups is 1. The summed E-state index contributed by atoms with van der Waals surface area (Å²) in [5, 5.41) is 15.7. The normalized spacial score (nSPS) is 17.2. The fraction of sp³-hybridized carbons (Fsp3) is 0.0952. The van der Waals surface area contributed by atoms with Crippen molar-refractivity contribution >= 4 is 45.2 Å². The van der Waals surface area contributed by atoms with Crippen LogP contribution >= 0.6 is 23.4 Å². The lowest BCUT2D eigenvalue weighted by Crippen LogP contribution is -2.23. The van der Waals surface area contributed by atoms with Gasteiger partial charge in [-0.1, -0.05) is 53.7 Å². The Morgan fingerprint density at radius 2 is 2.03 bits per heavy atom. The predicted molar refractivity (Wildman–Crippen MR) is 118 cm³/mol. The number of thioether (sulfide) groups is 1. The Bertz CT molecular complexity index is 1170. The van der Waals surface area contributed by atoms with Gasteiger partial charge in [-0.2, -0.15) is 10.4 Å². The van der Waals surface area contributed by atoms with Crippen molar-refractivity contribution in [2.24, 2.45) is 15.8 Å². The van der Waals surface area contributed by atoms with Crippen molar-refractivity contribution in [1.29, 1.82) is 5.26 Å². The lowest BCUT2D eigenvalue weighted by molar-refractivity contribution is 0.603. The first-order valence-corrected chi connectivity index (χ1v) is 10.0. The molecular formula is C21H16ClN5OS. The van der Waals surface area contributed by atoms with Gasteiger partial charge in [-0.25, -0.2) is 4.99 Å². The zero-order valence-electron chi connectivity index (χ0n) is 15.4. The highest BCUT2D eigenvalue weighted by atomic mass is 35.5. The molecule has 0 saturated carbocycles. The Morgan fingerprint density at radius 3 is 2.76 bits per heavy atom. The molecule has 3 aromatic rings. The third kappa shape index (κ3) is 3.99. The molecule has 0 amide bonds. The van der Waals surface area contributed by atoms with E-state index in [1.54, 1.807) is 12.1 Å². The fourth-order valence-electron chi connectivity index (χ4n) is 2.89. The number of nitrogens with zero attached hydrogens (tertiary/aromatic N) is 3. The second-order valence-electron chi connectivity index (χ2n) is 6.33. The van der Waals surface area contributed by atoms with Crippen LogP contribution in [0.15, 0.2) is 80.5 Å². The summed E-state index contributed by atoms with van der Waals surface area (Å²) in [6.45, 7) is 1.84. The number of halogens is 1. The molecule has 1 aromatic heterocycles. The Kier molecular flexibility index (Phi) is 5.30. The SMILES string of the molecule is C/C(=N\NC1=NC(N)=C(C#N)C(c2ccc(Cl)cc2)S1)c1cc2ccccc2o1. The Morgan fingerprint density at radius 1 is 1.28 bits per heavy atom. The summed E-state index contributed by atoms with van der Waals surface area (Å²) < 4.78 is 5.82. The van der Waals surface area contributed by atoms with Crippen molar-refractivity contribution in [2.45, 2.75) is 12.2 Å². The number of para-hydroxylation sites is 1. The standard InChI is InChI=1S/C21H16ClN5OS/c1-12(18-10-14-4-2-3-5-17(14)28-18)26-27-21-25-20(24)16(11-23)19(29-21)13-6-8-15(22)9-7-13/h2-10,19H,24H2,1H3,(H,25,27)/b26-12+. The maximum atomic E-state index is 9.51. The minimum Gasteiger partial charge on any atom is -0.455 e. The molecular weight excluding hydrogens is 406 g/mol. The zero-order valence-corrected chi connectivity index (χ0v) is 17.0. The van der Waals surface area contributed by atoms with Gasteiger partial charge in [0.05, 0.1) is 10.8 Å². The number of nitrogens with one attached hydrogen (secondary N) is 1. The first kappa shape index (κ1) is 19.1. The van der Waals surface area contributed by atoms with Crippen LogP contribution in [0.5, 0.6) is 0 Å². The number of hydrogen-bond donors (Lipinski definition) is 2.